The van der Waals surface area contributed by atoms with Gasteiger partial charge in [0.1, 0.15) is 0 Å². The lowest BCUT2D eigenvalue weighted by Crippen LogP contribution is -1.89. The first-order valence-electron chi connectivity index (χ1n) is 8.29. The first-order valence-corrected chi connectivity index (χ1v) is 6.29. The third-order valence-electron chi connectivity index (χ3n) is 3.20. The van der Waals surface area contributed by atoms with E-state index < -0.39 is 0 Å². The fourth-order valence-electron chi connectivity index (χ4n) is 2.20. The molecule has 94 valence electrons. The molecule has 2 aromatic carbocycles. The Morgan fingerprint density at radius 2 is 1.35 bits per heavy atom. The Morgan fingerprint density at radius 1 is 0.650 bits per heavy atom. The van der Waals surface area contributed by atoms with Gasteiger partial charge < -0.3 is 0 Å². The van der Waals surface area contributed by atoms with Crippen molar-refractivity contribution in [1.29, 1.82) is 0 Å². The van der Waals surface area contributed by atoms with Gasteiger partial charge in [-0.1, -0.05) is 48.5 Å². The van der Waals surface area contributed by atoms with Crippen LogP contribution in [0.2, 0.25) is 0 Å². The summed E-state index contributed by atoms with van der Waals surface area (Å²) in [6.45, 7) is 0. The molecule has 0 aliphatic heterocycles. The zero-order chi connectivity index (χ0) is 16.8. The Bertz CT molecular complexity index is 1110. The zero-order valence-electron chi connectivity index (χ0n) is 14.5. The first-order chi connectivity index (χ1) is 11.6. The lowest BCUT2D eigenvalue weighted by Gasteiger charge is -2.04. The second-order valence-corrected chi connectivity index (χ2v) is 4.48. The summed E-state index contributed by atoms with van der Waals surface area (Å²) in [5, 5.41) is 1.44. The Balaban J connectivity index is 1.96. The van der Waals surface area contributed by atoms with Crippen LogP contribution in [0.3, 0.4) is 0 Å². The maximum atomic E-state index is 8.04. The van der Waals surface area contributed by atoms with E-state index in [1.807, 2.05) is 36.4 Å². The Kier molecular flexibility index (Phi) is 1.71. The topological polar surface area (TPSA) is 25.8 Å². The maximum absolute atomic E-state index is 8.04. The number of nitrogens with zero attached hydrogens (tertiary/aromatic N) is 2. The number of pyridine rings is 2. The number of hydrogen-bond acceptors (Lipinski definition) is 2. The molecule has 0 aliphatic carbocycles. The molecule has 2 aromatic heterocycles. The fraction of sp³-hybridized carbons (Fsp3) is 0. The maximum Gasteiger partial charge on any atom is 0.0894 e. The number of aromatic nitrogens is 2. The number of benzene rings is 2. The van der Waals surface area contributed by atoms with E-state index >= 15 is 0 Å². The van der Waals surface area contributed by atoms with E-state index in [2.05, 4.69) is 9.97 Å². The van der Waals surface area contributed by atoms with E-state index in [4.69, 9.17) is 5.48 Å². The molecular weight excluding hydrogens is 244 g/mol. The molecular formula is C18H12N2. The van der Waals surface area contributed by atoms with Crippen LogP contribution in [0.15, 0.2) is 72.7 Å². The van der Waals surface area contributed by atoms with Crippen molar-refractivity contribution in [3.05, 3.63) is 72.7 Å². The van der Waals surface area contributed by atoms with Gasteiger partial charge >= 0.3 is 0 Å². The number of rotatable bonds is 1. The second kappa shape index (κ2) is 4.42. The number of para-hydroxylation sites is 2. The second-order valence-electron chi connectivity index (χ2n) is 4.48. The smallest absolute Gasteiger partial charge is 0.0894 e. The predicted molar refractivity (Wildman–Crippen MR) is 82.5 cm³/mol. The normalized spacial score (nSPS) is 13.8. The molecule has 0 atom stereocenters. The highest BCUT2D eigenvalue weighted by Gasteiger charge is 2.03. The number of fused-ring (bicyclic) bond motifs is 2. The molecule has 0 saturated carbocycles. The van der Waals surface area contributed by atoms with Crippen molar-refractivity contribution in [2.45, 2.75) is 0 Å². The van der Waals surface area contributed by atoms with Crippen LogP contribution in [0.25, 0.3) is 33.2 Å². The van der Waals surface area contributed by atoms with Crippen LogP contribution in [0.5, 0.6) is 0 Å². The summed E-state index contributed by atoms with van der Waals surface area (Å²) < 4.78 is 31.5. The van der Waals surface area contributed by atoms with Gasteiger partial charge in [0.15, 0.2) is 0 Å². The van der Waals surface area contributed by atoms with Crippen LogP contribution in [-0.2, 0) is 0 Å². The molecule has 2 nitrogen and oxygen atoms in total. The van der Waals surface area contributed by atoms with Crippen LogP contribution in [0, 0.1) is 0 Å². The van der Waals surface area contributed by atoms with Crippen molar-refractivity contribution in [3.8, 4) is 11.4 Å². The summed E-state index contributed by atoms with van der Waals surface area (Å²) in [7, 11) is 0. The molecule has 2 heterocycles. The van der Waals surface area contributed by atoms with Crippen LogP contribution < -0.4 is 0 Å². The monoisotopic (exact) mass is 260 g/mol. The minimum atomic E-state index is -0.274. The van der Waals surface area contributed by atoms with Crippen molar-refractivity contribution in [3.63, 3.8) is 0 Å². The van der Waals surface area contributed by atoms with Crippen LogP contribution in [0.1, 0.15) is 5.48 Å². The van der Waals surface area contributed by atoms with Crippen molar-refractivity contribution >= 4 is 21.8 Å². The molecule has 20 heavy (non-hydrogen) atoms. The van der Waals surface area contributed by atoms with Crippen molar-refractivity contribution < 1.29 is 5.48 Å². The first kappa shape index (κ1) is 7.75. The average Bonchev–Trinajstić information content (AvgIpc) is 2.63. The van der Waals surface area contributed by atoms with Crippen molar-refractivity contribution in [2.24, 2.45) is 0 Å². The average molecular weight is 260 g/mol. The highest BCUT2D eigenvalue weighted by molar-refractivity contribution is 5.83. The number of hydrogen-bond donors (Lipinski definition) is 0. The van der Waals surface area contributed by atoms with Gasteiger partial charge in [0, 0.05) is 10.8 Å². The van der Waals surface area contributed by atoms with E-state index in [0.717, 1.165) is 10.9 Å². The molecule has 0 bridgehead atoms. The predicted octanol–water partition coefficient (Wildman–Crippen LogP) is 4.45. The van der Waals surface area contributed by atoms with Gasteiger partial charge in [-0.25, -0.2) is 9.97 Å². The minimum Gasteiger partial charge on any atom is -0.246 e. The van der Waals surface area contributed by atoms with E-state index in [1.54, 1.807) is 12.1 Å². The van der Waals surface area contributed by atoms with Crippen molar-refractivity contribution in [1.82, 2.24) is 9.97 Å². The third kappa shape index (κ3) is 1.82. The highest BCUT2D eigenvalue weighted by atomic mass is 14.8. The van der Waals surface area contributed by atoms with Gasteiger partial charge in [0.2, 0.25) is 0 Å². The molecule has 0 amide bonds. The SMILES string of the molecule is [2H]c1c([2H])c([2H])c2nc(-c3ccc4ccccc4n3)ccc2c1[2H]. The van der Waals surface area contributed by atoms with E-state index in [1.165, 1.54) is 0 Å². The molecule has 0 spiro atoms. The molecule has 0 radical (unpaired) electrons. The molecule has 4 aromatic rings. The van der Waals surface area contributed by atoms with Crippen molar-refractivity contribution in [2.75, 3.05) is 0 Å². The van der Waals surface area contributed by atoms with E-state index in [0.29, 0.717) is 16.8 Å². The Morgan fingerprint density at radius 3 is 2.25 bits per heavy atom. The van der Waals surface area contributed by atoms with Crippen LogP contribution >= 0.6 is 0 Å². The lowest BCUT2D eigenvalue weighted by atomic mass is 10.1. The third-order valence-corrected chi connectivity index (χ3v) is 3.20. The Labute approximate surface area is 122 Å². The van der Waals surface area contributed by atoms with Gasteiger partial charge in [-0.3, -0.25) is 0 Å². The van der Waals surface area contributed by atoms with Crippen LogP contribution in [-0.4, -0.2) is 9.97 Å². The van der Waals surface area contributed by atoms with Gasteiger partial charge in [-0.2, -0.15) is 0 Å². The van der Waals surface area contributed by atoms with Gasteiger partial charge in [-0.15, -0.1) is 0 Å². The quantitative estimate of drug-likeness (QED) is 0.505. The molecule has 0 saturated heterocycles. The summed E-state index contributed by atoms with van der Waals surface area (Å²) in [5.41, 5.74) is 2.36. The van der Waals surface area contributed by atoms with Gasteiger partial charge in [-0.05, 0) is 24.2 Å². The summed E-state index contributed by atoms with van der Waals surface area (Å²) in [6.07, 6.45) is 0. The van der Waals surface area contributed by atoms with Gasteiger partial charge in [0.05, 0.1) is 27.9 Å². The van der Waals surface area contributed by atoms with Gasteiger partial charge in [0.25, 0.3) is 0 Å². The minimum absolute atomic E-state index is 0.0727. The molecule has 0 aliphatic rings. The molecule has 0 fully saturated rings. The fourth-order valence-corrected chi connectivity index (χ4v) is 2.20. The standard InChI is InChI=1S/C18H12N2/c1-3-7-15-13(5-1)9-11-17(19-15)18-12-10-14-6-2-4-8-16(14)20-18/h1-12H/i1D,3D,5D,7D. The van der Waals surface area contributed by atoms with E-state index in [-0.39, 0.29) is 29.7 Å². The van der Waals surface area contributed by atoms with E-state index in [9.17, 15) is 0 Å². The largest absolute Gasteiger partial charge is 0.246 e. The lowest BCUT2D eigenvalue weighted by molar-refractivity contribution is 1.32. The summed E-state index contributed by atoms with van der Waals surface area (Å²) in [4.78, 5) is 9.03. The molecule has 4 rings (SSSR count). The summed E-state index contributed by atoms with van der Waals surface area (Å²) in [6, 6.07) is 14.3. The summed E-state index contributed by atoms with van der Waals surface area (Å²) >= 11 is 0. The Hall–Kier alpha value is -2.74. The van der Waals surface area contributed by atoms with Crippen LogP contribution in [0.4, 0.5) is 0 Å². The zero-order valence-corrected chi connectivity index (χ0v) is 10.5. The highest BCUT2D eigenvalue weighted by Crippen LogP contribution is 2.21. The summed E-state index contributed by atoms with van der Waals surface area (Å²) in [5.74, 6) is 0. The molecule has 0 N–H and O–H groups in total. The molecule has 0 unspecified atom stereocenters. The molecule has 2 heteroatoms.